The van der Waals surface area contributed by atoms with E-state index in [4.69, 9.17) is 11.6 Å². The number of imidazole rings is 1. The molecule has 0 aliphatic heterocycles. The number of alkyl halides is 1. The van der Waals surface area contributed by atoms with Gasteiger partial charge in [0.15, 0.2) is 0 Å². The number of hydrogen-bond acceptors (Lipinski definition) is 1. The molecule has 0 fully saturated rings. The lowest BCUT2D eigenvalue weighted by Gasteiger charge is -1.99. The van der Waals surface area contributed by atoms with Crippen LogP contribution in [0.5, 0.6) is 0 Å². The third-order valence-electron chi connectivity index (χ3n) is 1.95. The van der Waals surface area contributed by atoms with E-state index in [0.717, 1.165) is 16.9 Å². The van der Waals surface area contributed by atoms with Gasteiger partial charge in [0, 0.05) is 23.7 Å². The minimum absolute atomic E-state index is 0.515. The summed E-state index contributed by atoms with van der Waals surface area (Å²) in [5.74, 6) is 0.515. The average molecular weight is 181 g/mol. The second-order valence-electron chi connectivity index (χ2n) is 2.76. The van der Waals surface area contributed by atoms with Gasteiger partial charge in [-0.3, -0.25) is 0 Å². The van der Waals surface area contributed by atoms with E-state index in [0.29, 0.717) is 5.88 Å². The van der Waals surface area contributed by atoms with Crippen molar-refractivity contribution in [2.24, 2.45) is 0 Å². The van der Waals surface area contributed by atoms with Gasteiger partial charge in [0.1, 0.15) is 5.65 Å². The summed E-state index contributed by atoms with van der Waals surface area (Å²) in [4.78, 5) is 4.27. The lowest BCUT2D eigenvalue weighted by molar-refractivity contribution is 1.09. The van der Waals surface area contributed by atoms with Gasteiger partial charge in [0.05, 0.1) is 5.88 Å². The second-order valence-corrected chi connectivity index (χ2v) is 3.03. The minimum Gasteiger partial charge on any atom is -0.304 e. The van der Waals surface area contributed by atoms with Gasteiger partial charge in [0.2, 0.25) is 0 Å². The summed E-state index contributed by atoms with van der Waals surface area (Å²) >= 11 is 5.76. The summed E-state index contributed by atoms with van der Waals surface area (Å²) in [6.45, 7) is 2.03. The molecule has 0 spiro atoms. The Kier molecular flexibility index (Phi) is 1.77. The van der Waals surface area contributed by atoms with Gasteiger partial charge >= 0.3 is 0 Å². The van der Waals surface area contributed by atoms with Crippen LogP contribution in [-0.2, 0) is 5.88 Å². The first-order valence-corrected chi connectivity index (χ1v) is 4.34. The largest absolute Gasteiger partial charge is 0.304 e. The molecule has 2 nitrogen and oxygen atoms in total. The zero-order chi connectivity index (χ0) is 8.55. The second kappa shape index (κ2) is 2.79. The molecular weight excluding hydrogens is 172 g/mol. The molecular formula is C9H9ClN2. The van der Waals surface area contributed by atoms with E-state index in [1.54, 1.807) is 0 Å². The first-order chi connectivity index (χ1) is 5.83. The van der Waals surface area contributed by atoms with E-state index < -0.39 is 0 Å². The van der Waals surface area contributed by atoms with Crippen LogP contribution in [0.4, 0.5) is 0 Å². The number of hydrogen-bond donors (Lipinski definition) is 0. The SMILES string of the molecule is Cc1cnc2c(CCl)cccn12. The number of rotatable bonds is 1. The fourth-order valence-corrected chi connectivity index (χ4v) is 1.50. The van der Waals surface area contributed by atoms with E-state index >= 15 is 0 Å². The van der Waals surface area contributed by atoms with Crippen LogP contribution in [-0.4, -0.2) is 9.38 Å². The van der Waals surface area contributed by atoms with Crippen molar-refractivity contribution in [2.75, 3.05) is 0 Å². The van der Waals surface area contributed by atoms with Crippen LogP contribution in [0, 0.1) is 6.92 Å². The summed E-state index contributed by atoms with van der Waals surface area (Å²) < 4.78 is 2.04. The molecule has 0 atom stereocenters. The van der Waals surface area contributed by atoms with Gasteiger partial charge in [0.25, 0.3) is 0 Å². The van der Waals surface area contributed by atoms with Crippen molar-refractivity contribution in [2.45, 2.75) is 12.8 Å². The maximum absolute atomic E-state index is 5.76. The van der Waals surface area contributed by atoms with Crippen LogP contribution in [0.3, 0.4) is 0 Å². The van der Waals surface area contributed by atoms with Gasteiger partial charge in [-0.05, 0) is 13.0 Å². The first-order valence-electron chi connectivity index (χ1n) is 3.80. The number of pyridine rings is 1. The molecule has 0 aliphatic rings. The number of nitrogens with zero attached hydrogens (tertiary/aromatic N) is 2. The maximum Gasteiger partial charge on any atom is 0.141 e. The average Bonchev–Trinajstić information content (AvgIpc) is 2.48. The molecule has 2 heterocycles. The Balaban J connectivity index is 2.81. The monoisotopic (exact) mass is 180 g/mol. The van der Waals surface area contributed by atoms with Crippen LogP contribution >= 0.6 is 11.6 Å². The van der Waals surface area contributed by atoms with Gasteiger partial charge < -0.3 is 4.40 Å². The van der Waals surface area contributed by atoms with E-state index in [1.165, 1.54) is 0 Å². The molecule has 0 saturated heterocycles. The third kappa shape index (κ3) is 0.994. The molecule has 0 radical (unpaired) electrons. The van der Waals surface area contributed by atoms with Crippen molar-refractivity contribution in [1.82, 2.24) is 9.38 Å². The number of fused-ring (bicyclic) bond motifs is 1. The predicted octanol–water partition coefficient (Wildman–Crippen LogP) is 2.38. The highest BCUT2D eigenvalue weighted by Crippen LogP contribution is 2.12. The van der Waals surface area contributed by atoms with E-state index in [2.05, 4.69) is 4.98 Å². The van der Waals surface area contributed by atoms with Crippen molar-refractivity contribution in [3.63, 3.8) is 0 Å². The summed E-state index contributed by atoms with van der Waals surface area (Å²) in [6.07, 6.45) is 3.85. The lowest BCUT2D eigenvalue weighted by Crippen LogP contribution is -1.90. The highest BCUT2D eigenvalue weighted by Gasteiger charge is 2.02. The van der Waals surface area contributed by atoms with Crippen LogP contribution in [0.15, 0.2) is 24.5 Å². The summed E-state index contributed by atoms with van der Waals surface area (Å²) in [5, 5.41) is 0. The quantitative estimate of drug-likeness (QED) is 0.616. The molecule has 12 heavy (non-hydrogen) atoms. The Bertz CT molecular complexity index is 406. The van der Waals surface area contributed by atoms with Crippen molar-refractivity contribution < 1.29 is 0 Å². The Morgan fingerprint density at radius 3 is 3.17 bits per heavy atom. The standard InChI is InChI=1S/C9H9ClN2/c1-7-6-11-9-8(5-10)3-2-4-12(7)9/h2-4,6H,5H2,1H3. The molecule has 2 rings (SSSR count). The number of aromatic nitrogens is 2. The smallest absolute Gasteiger partial charge is 0.141 e. The van der Waals surface area contributed by atoms with E-state index in [1.807, 2.05) is 35.9 Å². The molecule has 0 amide bonds. The third-order valence-corrected chi connectivity index (χ3v) is 2.23. The maximum atomic E-state index is 5.76. The molecule has 2 aromatic rings. The van der Waals surface area contributed by atoms with Crippen molar-refractivity contribution in [1.29, 1.82) is 0 Å². The number of aryl methyl sites for hydroxylation is 1. The van der Waals surface area contributed by atoms with E-state index in [-0.39, 0.29) is 0 Å². The number of halogens is 1. The predicted molar refractivity (Wildman–Crippen MR) is 49.5 cm³/mol. The Labute approximate surface area is 75.8 Å². The Morgan fingerprint density at radius 2 is 2.42 bits per heavy atom. The fraction of sp³-hybridized carbons (Fsp3) is 0.222. The zero-order valence-electron chi connectivity index (χ0n) is 6.79. The topological polar surface area (TPSA) is 17.3 Å². The zero-order valence-corrected chi connectivity index (χ0v) is 7.54. The minimum atomic E-state index is 0.515. The fourth-order valence-electron chi connectivity index (χ4n) is 1.30. The highest BCUT2D eigenvalue weighted by molar-refractivity contribution is 6.17. The molecule has 3 heteroatoms. The molecule has 0 bridgehead atoms. The van der Waals surface area contributed by atoms with E-state index in [9.17, 15) is 0 Å². The van der Waals surface area contributed by atoms with Gasteiger partial charge in [-0.2, -0.15) is 0 Å². The van der Waals surface area contributed by atoms with Crippen LogP contribution < -0.4 is 0 Å². The molecule has 62 valence electrons. The summed E-state index contributed by atoms with van der Waals surface area (Å²) in [7, 11) is 0. The first kappa shape index (κ1) is 7.62. The Morgan fingerprint density at radius 1 is 1.58 bits per heavy atom. The van der Waals surface area contributed by atoms with Gasteiger partial charge in [-0.25, -0.2) is 4.98 Å². The normalized spacial score (nSPS) is 10.8. The van der Waals surface area contributed by atoms with Crippen molar-refractivity contribution in [3.8, 4) is 0 Å². The molecule has 0 N–H and O–H groups in total. The molecule has 0 unspecified atom stereocenters. The van der Waals surface area contributed by atoms with Gasteiger partial charge in [-0.1, -0.05) is 6.07 Å². The van der Waals surface area contributed by atoms with Crippen LogP contribution in [0.1, 0.15) is 11.3 Å². The molecule has 2 aromatic heterocycles. The van der Waals surface area contributed by atoms with Crippen LogP contribution in [0.25, 0.3) is 5.65 Å². The summed E-state index contributed by atoms with van der Waals surface area (Å²) in [5.41, 5.74) is 3.18. The van der Waals surface area contributed by atoms with Crippen LogP contribution in [0.2, 0.25) is 0 Å². The lowest BCUT2D eigenvalue weighted by atomic mass is 10.3. The van der Waals surface area contributed by atoms with Gasteiger partial charge in [-0.15, -0.1) is 11.6 Å². The summed E-state index contributed by atoms with van der Waals surface area (Å²) in [6, 6.07) is 3.98. The molecule has 0 saturated carbocycles. The highest BCUT2D eigenvalue weighted by atomic mass is 35.5. The molecule has 0 aliphatic carbocycles. The van der Waals surface area contributed by atoms with Crippen molar-refractivity contribution >= 4 is 17.2 Å². The van der Waals surface area contributed by atoms with Crippen molar-refractivity contribution in [3.05, 3.63) is 35.8 Å². The Hall–Kier alpha value is -1.02. The molecule has 0 aromatic carbocycles.